The van der Waals surface area contributed by atoms with Gasteiger partial charge in [0.25, 0.3) is 0 Å². The van der Waals surface area contributed by atoms with Crippen LogP contribution < -0.4 is 10.2 Å². The molecule has 0 unspecified atom stereocenters. The third-order valence-electron chi connectivity index (χ3n) is 6.25. The molecule has 0 spiro atoms. The number of imide groups is 1. The SMILES string of the molecule is CCC(=O)N(C(=O)CC)c1cc([C@@H]2[C@@H](C(=O)Nc3ccc(Cl)c(Cl)c3)[C@H]3CC[C@@H]2O3)ccn1. The predicted octanol–water partition coefficient (Wildman–Crippen LogP) is 4.97. The molecule has 2 fully saturated rings. The number of carbonyl (C=O) groups excluding carboxylic acids is 3. The molecule has 2 aliphatic heterocycles. The lowest BCUT2D eigenvalue weighted by molar-refractivity contribution is -0.126. The second kappa shape index (κ2) is 9.79. The molecule has 2 saturated heterocycles. The van der Waals surface area contributed by atoms with Crippen LogP contribution in [0.15, 0.2) is 36.5 Å². The maximum atomic E-state index is 13.3. The number of carbonyl (C=O) groups is 3. The number of nitrogens with zero attached hydrogens (tertiary/aromatic N) is 2. The van der Waals surface area contributed by atoms with Gasteiger partial charge in [0.2, 0.25) is 17.7 Å². The van der Waals surface area contributed by atoms with Gasteiger partial charge in [0.15, 0.2) is 0 Å². The molecule has 0 radical (unpaired) electrons. The summed E-state index contributed by atoms with van der Waals surface area (Å²) in [6, 6.07) is 8.50. The van der Waals surface area contributed by atoms with Crippen LogP contribution in [0.3, 0.4) is 0 Å². The van der Waals surface area contributed by atoms with Crippen LogP contribution in [0.4, 0.5) is 11.5 Å². The van der Waals surface area contributed by atoms with Crippen LogP contribution in [0.1, 0.15) is 51.0 Å². The van der Waals surface area contributed by atoms with Crippen LogP contribution in [0.5, 0.6) is 0 Å². The molecule has 2 aliphatic rings. The Bertz CT molecular complexity index is 1080. The highest BCUT2D eigenvalue weighted by molar-refractivity contribution is 6.42. The van der Waals surface area contributed by atoms with E-state index in [1.165, 1.54) is 0 Å². The molecule has 0 saturated carbocycles. The van der Waals surface area contributed by atoms with Crippen molar-refractivity contribution in [3.63, 3.8) is 0 Å². The van der Waals surface area contributed by atoms with E-state index in [2.05, 4.69) is 10.3 Å². The van der Waals surface area contributed by atoms with Crippen LogP contribution in [-0.2, 0) is 19.1 Å². The first-order valence-electron chi connectivity index (χ1n) is 11.1. The summed E-state index contributed by atoms with van der Waals surface area (Å²) in [7, 11) is 0. The Morgan fingerprint density at radius 1 is 1.03 bits per heavy atom. The fourth-order valence-corrected chi connectivity index (χ4v) is 5.01. The molecule has 2 bridgehead atoms. The molecule has 33 heavy (non-hydrogen) atoms. The summed E-state index contributed by atoms with van der Waals surface area (Å²) in [5.41, 5.74) is 1.37. The number of hydrogen-bond acceptors (Lipinski definition) is 5. The molecule has 2 aromatic rings. The molecule has 1 aromatic carbocycles. The molecule has 1 aromatic heterocycles. The number of hydrogen-bond donors (Lipinski definition) is 1. The zero-order valence-electron chi connectivity index (χ0n) is 18.4. The second-order valence-electron chi connectivity index (χ2n) is 8.24. The van der Waals surface area contributed by atoms with Crippen LogP contribution in [0.2, 0.25) is 10.0 Å². The molecule has 7 nitrogen and oxygen atoms in total. The number of ether oxygens (including phenoxy) is 1. The van der Waals surface area contributed by atoms with Gasteiger partial charge in [-0.2, -0.15) is 0 Å². The van der Waals surface area contributed by atoms with Gasteiger partial charge < -0.3 is 10.1 Å². The molecule has 4 rings (SSSR count). The molecule has 3 amide bonds. The first kappa shape index (κ1) is 23.7. The number of amides is 3. The van der Waals surface area contributed by atoms with Crippen molar-refractivity contribution in [3.8, 4) is 0 Å². The summed E-state index contributed by atoms with van der Waals surface area (Å²) in [6.07, 6.45) is 3.26. The first-order chi connectivity index (χ1) is 15.8. The topological polar surface area (TPSA) is 88.6 Å². The Kier molecular flexibility index (Phi) is 7.02. The van der Waals surface area contributed by atoms with Crippen molar-refractivity contribution in [2.45, 2.75) is 57.7 Å². The molecule has 3 heterocycles. The van der Waals surface area contributed by atoms with E-state index in [1.807, 2.05) is 6.07 Å². The lowest BCUT2D eigenvalue weighted by Gasteiger charge is -2.28. The van der Waals surface area contributed by atoms with Crippen LogP contribution in [0.25, 0.3) is 0 Å². The summed E-state index contributed by atoms with van der Waals surface area (Å²) in [4.78, 5) is 43.6. The van der Waals surface area contributed by atoms with E-state index < -0.39 is 5.92 Å². The third-order valence-corrected chi connectivity index (χ3v) is 6.99. The standard InChI is InChI=1S/C24H25Cl2N3O4/c1-3-20(30)29(21(31)4-2)19-11-13(9-10-27-19)22-17-7-8-18(33-17)23(22)24(32)28-14-5-6-15(25)16(26)12-14/h5-6,9-12,17-18,22-23H,3-4,7-8H2,1-2H3,(H,28,32)/t17-,18+,22-,23-/m0/s1. The Morgan fingerprint density at radius 3 is 2.39 bits per heavy atom. The van der Waals surface area contributed by atoms with E-state index in [0.717, 1.165) is 23.3 Å². The highest BCUT2D eigenvalue weighted by Gasteiger charge is 2.53. The number of pyridine rings is 1. The molecule has 9 heteroatoms. The average Bonchev–Trinajstić information content (AvgIpc) is 3.43. The van der Waals surface area contributed by atoms with E-state index in [9.17, 15) is 14.4 Å². The number of aromatic nitrogens is 1. The van der Waals surface area contributed by atoms with E-state index in [1.54, 1.807) is 44.3 Å². The number of halogens is 2. The van der Waals surface area contributed by atoms with E-state index in [0.29, 0.717) is 15.7 Å². The summed E-state index contributed by atoms with van der Waals surface area (Å²) in [5, 5.41) is 3.70. The van der Waals surface area contributed by atoms with Gasteiger partial charge in [-0.05, 0) is 48.7 Å². The molecular formula is C24H25Cl2N3O4. The number of anilines is 2. The molecule has 0 aliphatic carbocycles. The first-order valence-corrected chi connectivity index (χ1v) is 11.8. The van der Waals surface area contributed by atoms with E-state index in [4.69, 9.17) is 27.9 Å². The van der Waals surface area contributed by atoms with Crippen molar-refractivity contribution in [1.29, 1.82) is 0 Å². The van der Waals surface area contributed by atoms with E-state index >= 15 is 0 Å². The molecule has 1 N–H and O–H groups in total. The van der Waals surface area contributed by atoms with Crippen molar-refractivity contribution in [3.05, 3.63) is 52.1 Å². The van der Waals surface area contributed by atoms with Crippen LogP contribution >= 0.6 is 23.2 Å². The average molecular weight is 490 g/mol. The van der Waals surface area contributed by atoms with Gasteiger partial charge in [0.1, 0.15) is 5.82 Å². The zero-order valence-corrected chi connectivity index (χ0v) is 19.9. The molecule has 174 valence electrons. The summed E-state index contributed by atoms with van der Waals surface area (Å²) >= 11 is 12.1. The highest BCUT2D eigenvalue weighted by Crippen LogP contribution is 2.49. The maximum absolute atomic E-state index is 13.3. The molecule has 4 atom stereocenters. The third kappa shape index (κ3) is 4.63. The second-order valence-corrected chi connectivity index (χ2v) is 9.05. The van der Waals surface area contributed by atoms with Crippen molar-refractivity contribution < 1.29 is 19.1 Å². The highest BCUT2D eigenvalue weighted by atomic mass is 35.5. The number of rotatable bonds is 6. The van der Waals surface area contributed by atoms with Crippen LogP contribution in [-0.4, -0.2) is 34.9 Å². The number of nitrogens with one attached hydrogen (secondary N) is 1. The van der Waals surface area contributed by atoms with Crippen molar-refractivity contribution in [2.24, 2.45) is 5.92 Å². The predicted molar refractivity (Wildman–Crippen MR) is 127 cm³/mol. The maximum Gasteiger partial charge on any atom is 0.234 e. The minimum absolute atomic E-state index is 0.119. The van der Waals surface area contributed by atoms with Gasteiger partial charge in [-0.3, -0.25) is 14.4 Å². The van der Waals surface area contributed by atoms with Crippen molar-refractivity contribution >= 4 is 52.4 Å². The number of fused-ring (bicyclic) bond motifs is 2. The molecular weight excluding hydrogens is 465 g/mol. The Hall–Kier alpha value is -2.48. The largest absolute Gasteiger partial charge is 0.373 e. The minimum atomic E-state index is -0.425. The fraction of sp³-hybridized carbons (Fsp3) is 0.417. The minimum Gasteiger partial charge on any atom is -0.373 e. The van der Waals surface area contributed by atoms with Crippen LogP contribution in [0, 0.1) is 5.92 Å². The Labute approximate surface area is 202 Å². The normalized spacial score (nSPS) is 23.4. The van der Waals surface area contributed by atoms with Gasteiger partial charge in [-0.25, -0.2) is 9.88 Å². The van der Waals surface area contributed by atoms with Gasteiger partial charge in [0.05, 0.1) is 28.2 Å². The van der Waals surface area contributed by atoms with Crippen molar-refractivity contribution in [2.75, 3.05) is 10.2 Å². The zero-order chi connectivity index (χ0) is 23.7. The van der Waals surface area contributed by atoms with E-state index in [-0.39, 0.29) is 54.5 Å². The summed E-state index contributed by atoms with van der Waals surface area (Å²) < 4.78 is 6.12. The quantitative estimate of drug-likeness (QED) is 0.618. The smallest absolute Gasteiger partial charge is 0.234 e. The van der Waals surface area contributed by atoms with Gasteiger partial charge in [0, 0.05) is 30.6 Å². The summed E-state index contributed by atoms with van der Waals surface area (Å²) in [6.45, 7) is 3.41. The number of benzene rings is 1. The Morgan fingerprint density at radius 2 is 1.73 bits per heavy atom. The lowest BCUT2D eigenvalue weighted by Crippen LogP contribution is -2.38. The van der Waals surface area contributed by atoms with Gasteiger partial charge >= 0.3 is 0 Å². The monoisotopic (exact) mass is 489 g/mol. The van der Waals surface area contributed by atoms with Gasteiger partial charge in [-0.15, -0.1) is 0 Å². The van der Waals surface area contributed by atoms with Gasteiger partial charge in [-0.1, -0.05) is 37.0 Å². The lowest BCUT2D eigenvalue weighted by atomic mass is 9.75. The Balaban J connectivity index is 1.63. The van der Waals surface area contributed by atoms with Crippen molar-refractivity contribution in [1.82, 2.24) is 4.98 Å². The fourth-order valence-electron chi connectivity index (χ4n) is 4.71. The summed E-state index contributed by atoms with van der Waals surface area (Å²) in [5.74, 6) is -1.17.